The summed E-state index contributed by atoms with van der Waals surface area (Å²) < 4.78 is 116. The van der Waals surface area contributed by atoms with Crippen molar-refractivity contribution in [1.82, 2.24) is 0 Å². The van der Waals surface area contributed by atoms with Crippen LogP contribution < -0.4 is 14.2 Å². The number of hydrogen-bond donors (Lipinski definition) is 2. The second-order valence-electron chi connectivity index (χ2n) is 6.21. The van der Waals surface area contributed by atoms with E-state index in [0.717, 1.165) is 12.1 Å². The van der Waals surface area contributed by atoms with Crippen molar-refractivity contribution >= 4 is 31.4 Å². The van der Waals surface area contributed by atoms with Crippen LogP contribution in [0.2, 0.25) is 0 Å². The predicted octanol–water partition coefficient (Wildman–Crippen LogP) is 3.85. The Balaban J connectivity index is 2.04. The summed E-state index contributed by atoms with van der Waals surface area (Å²) in [5.41, 5.74) is -1.88. The molecule has 0 radical (unpaired) electrons. The zero-order chi connectivity index (χ0) is 23.7. The normalized spacial score (nSPS) is 11.8. The summed E-state index contributed by atoms with van der Waals surface area (Å²) in [6.07, 6.45) is 0. The van der Waals surface area contributed by atoms with E-state index in [1.54, 1.807) is 4.72 Å². The maximum absolute atomic E-state index is 14.5. The number of sulfonamides is 2. The van der Waals surface area contributed by atoms with Gasteiger partial charge < -0.3 is 4.74 Å². The fourth-order valence-electron chi connectivity index (χ4n) is 2.60. The summed E-state index contributed by atoms with van der Waals surface area (Å²) in [6.45, 7) is 0. The molecule has 0 saturated heterocycles. The molecule has 0 fully saturated rings. The van der Waals surface area contributed by atoms with E-state index < -0.39 is 58.8 Å². The zero-order valence-electron chi connectivity index (χ0n) is 16.1. The van der Waals surface area contributed by atoms with Crippen LogP contribution in [0.4, 0.5) is 28.9 Å². The highest BCUT2D eigenvalue weighted by atomic mass is 32.2. The van der Waals surface area contributed by atoms with Crippen molar-refractivity contribution in [2.75, 3.05) is 16.6 Å². The summed E-state index contributed by atoms with van der Waals surface area (Å²) in [5, 5.41) is 0. The Hall–Kier alpha value is -3.32. The van der Waals surface area contributed by atoms with Gasteiger partial charge >= 0.3 is 0 Å². The van der Waals surface area contributed by atoms with Gasteiger partial charge in [0, 0.05) is 5.69 Å². The second-order valence-corrected chi connectivity index (χ2v) is 9.51. The largest absolute Gasteiger partial charge is 0.497 e. The van der Waals surface area contributed by atoms with Gasteiger partial charge in [-0.1, -0.05) is 18.2 Å². The van der Waals surface area contributed by atoms with E-state index in [9.17, 15) is 34.4 Å². The van der Waals surface area contributed by atoms with E-state index in [0.29, 0.717) is 5.75 Å². The Morgan fingerprint density at radius 2 is 1.22 bits per heavy atom. The third-order valence-corrected chi connectivity index (χ3v) is 6.89. The van der Waals surface area contributed by atoms with E-state index in [1.165, 1.54) is 54.3 Å². The molecule has 7 nitrogen and oxygen atoms in total. The predicted molar refractivity (Wildman–Crippen MR) is 107 cm³/mol. The number of anilines is 2. The molecule has 0 aliphatic rings. The van der Waals surface area contributed by atoms with E-state index >= 15 is 0 Å². The van der Waals surface area contributed by atoms with Crippen LogP contribution in [0.15, 0.2) is 64.4 Å². The van der Waals surface area contributed by atoms with Crippen LogP contribution in [0.1, 0.15) is 0 Å². The van der Waals surface area contributed by atoms with Crippen LogP contribution in [0.5, 0.6) is 5.75 Å². The number of hydrogen-bond acceptors (Lipinski definition) is 5. The molecule has 0 spiro atoms. The first-order chi connectivity index (χ1) is 15.0. The zero-order valence-corrected chi connectivity index (χ0v) is 17.7. The number of ether oxygens (including phenoxy) is 1. The molecule has 0 aliphatic carbocycles. The number of benzene rings is 3. The van der Waals surface area contributed by atoms with Gasteiger partial charge in [-0.25, -0.2) is 34.4 Å². The van der Waals surface area contributed by atoms with E-state index in [1.807, 2.05) is 0 Å². The highest BCUT2D eigenvalue weighted by Crippen LogP contribution is 2.33. The lowest BCUT2D eigenvalue weighted by Crippen LogP contribution is -2.21. The molecule has 0 saturated carbocycles. The molecule has 0 unspecified atom stereocenters. The molecule has 0 heterocycles. The molecular formula is C19H14F4N2O5S2. The van der Waals surface area contributed by atoms with Crippen LogP contribution in [-0.4, -0.2) is 23.9 Å². The average Bonchev–Trinajstić information content (AvgIpc) is 2.76. The number of methoxy groups -OCH3 is 1. The fraction of sp³-hybridized carbons (Fsp3) is 0.0526. The molecule has 170 valence electrons. The Morgan fingerprint density at radius 3 is 1.72 bits per heavy atom. The van der Waals surface area contributed by atoms with Gasteiger partial charge in [-0.05, 0) is 36.4 Å². The van der Waals surface area contributed by atoms with Crippen molar-refractivity contribution in [3.8, 4) is 5.75 Å². The summed E-state index contributed by atoms with van der Waals surface area (Å²) >= 11 is 0. The third-order valence-electron chi connectivity index (χ3n) is 4.12. The first-order valence-corrected chi connectivity index (χ1v) is 11.5. The summed E-state index contributed by atoms with van der Waals surface area (Å²) in [7, 11) is -8.44. The lowest BCUT2D eigenvalue weighted by molar-refractivity contribution is 0.415. The standard InChI is InChI=1S/C19H14F4N2O5S2/c1-30-12-9-7-11(8-10-12)24-32(28,29)19-16(22)14(20)18(15(21)17(19)23)25-31(26,27)13-5-3-2-4-6-13/h2-10,24-25H,1H3. The first kappa shape index (κ1) is 23.3. The van der Waals surface area contributed by atoms with Crippen molar-refractivity contribution in [2.45, 2.75) is 9.79 Å². The van der Waals surface area contributed by atoms with Crippen molar-refractivity contribution in [2.24, 2.45) is 0 Å². The SMILES string of the molecule is COc1ccc(NS(=O)(=O)c2c(F)c(F)c(NS(=O)(=O)c3ccccc3)c(F)c2F)cc1. The molecule has 0 bridgehead atoms. The molecule has 0 aromatic heterocycles. The van der Waals surface area contributed by atoms with Gasteiger partial charge in [-0.15, -0.1) is 0 Å². The number of halogens is 4. The van der Waals surface area contributed by atoms with Crippen molar-refractivity contribution in [3.05, 3.63) is 77.9 Å². The molecule has 3 aromatic carbocycles. The van der Waals surface area contributed by atoms with E-state index in [4.69, 9.17) is 4.74 Å². The highest BCUT2D eigenvalue weighted by Gasteiger charge is 2.34. The maximum Gasteiger partial charge on any atom is 0.267 e. The van der Waals surface area contributed by atoms with Crippen LogP contribution in [0, 0.1) is 23.3 Å². The minimum absolute atomic E-state index is 0.181. The summed E-state index contributed by atoms with van der Waals surface area (Å²) in [5.74, 6) is -8.75. The number of nitrogens with one attached hydrogen (secondary N) is 2. The van der Waals surface area contributed by atoms with Gasteiger partial charge in [0.05, 0.1) is 12.0 Å². The molecule has 0 aliphatic heterocycles. The Morgan fingerprint density at radius 1 is 0.688 bits per heavy atom. The molecule has 3 rings (SSSR count). The van der Waals surface area contributed by atoms with E-state index in [2.05, 4.69) is 0 Å². The highest BCUT2D eigenvalue weighted by molar-refractivity contribution is 7.93. The summed E-state index contributed by atoms with van der Waals surface area (Å²) in [4.78, 5) is -2.40. The molecule has 3 aromatic rings. The Kier molecular flexibility index (Phi) is 6.32. The quantitative estimate of drug-likeness (QED) is 0.387. The van der Waals surface area contributed by atoms with Crippen molar-refractivity contribution in [3.63, 3.8) is 0 Å². The fourth-order valence-corrected chi connectivity index (χ4v) is 4.88. The lowest BCUT2D eigenvalue weighted by Gasteiger charge is -2.15. The van der Waals surface area contributed by atoms with Gasteiger partial charge in [-0.3, -0.25) is 9.44 Å². The first-order valence-electron chi connectivity index (χ1n) is 8.58. The molecular weight excluding hydrogens is 476 g/mol. The monoisotopic (exact) mass is 490 g/mol. The van der Waals surface area contributed by atoms with Gasteiger partial charge in [0.2, 0.25) is 0 Å². The number of rotatable bonds is 7. The van der Waals surface area contributed by atoms with Gasteiger partial charge in [0.25, 0.3) is 20.0 Å². The molecule has 0 atom stereocenters. The third kappa shape index (κ3) is 4.48. The Bertz CT molecular complexity index is 1340. The maximum atomic E-state index is 14.5. The second kappa shape index (κ2) is 8.67. The molecule has 32 heavy (non-hydrogen) atoms. The Labute approximate surface area is 180 Å². The topological polar surface area (TPSA) is 102 Å². The van der Waals surface area contributed by atoms with E-state index in [-0.39, 0.29) is 5.69 Å². The minimum Gasteiger partial charge on any atom is -0.497 e. The lowest BCUT2D eigenvalue weighted by atomic mass is 10.2. The average molecular weight is 490 g/mol. The molecule has 2 N–H and O–H groups in total. The smallest absolute Gasteiger partial charge is 0.267 e. The minimum atomic E-state index is -5.15. The van der Waals surface area contributed by atoms with Gasteiger partial charge in [0.1, 0.15) is 11.4 Å². The molecule has 13 heteroatoms. The van der Waals surface area contributed by atoms with Crippen LogP contribution >= 0.6 is 0 Å². The van der Waals surface area contributed by atoms with Gasteiger partial charge in [0.15, 0.2) is 28.2 Å². The van der Waals surface area contributed by atoms with Crippen LogP contribution in [-0.2, 0) is 20.0 Å². The van der Waals surface area contributed by atoms with Crippen molar-refractivity contribution in [1.29, 1.82) is 0 Å². The van der Waals surface area contributed by atoms with Gasteiger partial charge in [-0.2, -0.15) is 0 Å². The molecule has 0 amide bonds. The van der Waals surface area contributed by atoms with Crippen molar-refractivity contribution < 1.29 is 39.1 Å². The summed E-state index contributed by atoms with van der Waals surface area (Å²) in [6, 6.07) is 11.2. The van der Waals surface area contributed by atoms with Crippen LogP contribution in [0.25, 0.3) is 0 Å². The van der Waals surface area contributed by atoms with Crippen LogP contribution in [0.3, 0.4) is 0 Å².